The zero-order valence-corrected chi connectivity index (χ0v) is 17.7. The zero-order valence-electron chi connectivity index (χ0n) is 16.8. The Morgan fingerprint density at radius 3 is 2.47 bits per heavy atom. The lowest BCUT2D eigenvalue weighted by Crippen LogP contribution is -2.50. The van der Waals surface area contributed by atoms with Crippen LogP contribution in [0.5, 0.6) is 0 Å². The van der Waals surface area contributed by atoms with E-state index in [9.17, 15) is 9.90 Å². The molecule has 0 spiro atoms. The largest absolute Gasteiger partial charge is 0.465 e. The molecular formula is C25H24N2O2S. The predicted octanol–water partition coefficient (Wildman–Crippen LogP) is 5.68. The molecule has 1 unspecified atom stereocenters. The molecule has 2 N–H and O–H groups in total. The number of nitrogens with zero attached hydrogens (tertiary/aromatic N) is 1. The van der Waals surface area contributed by atoms with Gasteiger partial charge < -0.3 is 15.3 Å². The van der Waals surface area contributed by atoms with E-state index in [1.54, 1.807) is 0 Å². The number of rotatable bonds is 4. The van der Waals surface area contributed by atoms with Crippen molar-refractivity contribution >= 4 is 33.3 Å². The molecule has 5 heteroatoms. The summed E-state index contributed by atoms with van der Waals surface area (Å²) in [6.45, 7) is 0. The summed E-state index contributed by atoms with van der Waals surface area (Å²) in [6.07, 6.45) is 10.8. The van der Waals surface area contributed by atoms with E-state index >= 15 is 0 Å². The highest BCUT2D eigenvalue weighted by Crippen LogP contribution is 2.44. The number of nitrogens with one attached hydrogen (secondary N) is 1. The van der Waals surface area contributed by atoms with Crippen LogP contribution in [0, 0.1) is 0 Å². The molecule has 3 aliphatic rings. The van der Waals surface area contributed by atoms with Crippen molar-refractivity contribution < 1.29 is 9.90 Å². The van der Waals surface area contributed by atoms with E-state index < -0.39 is 11.6 Å². The van der Waals surface area contributed by atoms with Crippen LogP contribution in [-0.2, 0) is 5.54 Å². The zero-order chi connectivity index (χ0) is 20.7. The first kappa shape index (κ1) is 18.9. The molecular weight excluding hydrogens is 392 g/mol. The van der Waals surface area contributed by atoms with E-state index in [-0.39, 0.29) is 10.5 Å². The minimum atomic E-state index is -0.958. The van der Waals surface area contributed by atoms with Crippen molar-refractivity contribution in [3.8, 4) is 0 Å². The van der Waals surface area contributed by atoms with Gasteiger partial charge in [-0.1, -0.05) is 42.5 Å². The topological polar surface area (TPSA) is 52.6 Å². The minimum Gasteiger partial charge on any atom is -0.465 e. The van der Waals surface area contributed by atoms with Gasteiger partial charge in [0.2, 0.25) is 0 Å². The number of allylic oxidation sites excluding steroid dienone is 3. The van der Waals surface area contributed by atoms with E-state index in [0.29, 0.717) is 0 Å². The van der Waals surface area contributed by atoms with Gasteiger partial charge in [0.05, 0.1) is 11.2 Å². The van der Waals surface area contributed by atoms with Gasteiger partial charge in [-0.15, -0.1) is 0 Å². The third kappa shape index (κ3) is 3.19. The van der Waals surface area contributed by atoms with Crippen LogP contribution in [0.1, 0.15) is 30.4 Å². The SMILES string of the molecule is CS1=CC=C2C=C(c3ccccc3)N(c3ccc(C4(NC(=O)O)CCC4)cc3)C=C21. The number of amides is 1. The van der Waals surface area contributed by atoms with E-state index in [1.165, 1.54) is 16.0 Å². The van der Waals surface area contributed by atoms with Crippen LogP contribution in [0.4, 0.5) is 10.5 Å². The van der Waals surface area contributed by atoms with Crippen molar-refractivity contribution in [3.63, 3.8) is 0 Å². The molecule has 1 fully saturated rings. The van der Waals surface area contributed by atoms with Gasteiger partial charge in [-0.2, -0.15) is 10.5 Å². The fraction of sp³-hybridized carbons (Fsp3) is 0.200. The van der Waals surface area contributed by atoms with Gasteiger partial charge in [0.15, 0.2) is 0 Å². The maximum Gasteiger partial charge on any atom is 0.405 e. The number of hydrogen-bond donors (Lipinski definition) is 2. The van der Waals surface area contributed by atoms with Gasteiger partial charge in [0.1, 0.15) is 0 Å². The van der Waals surface area contributed by atoms with Crippen molar-refractivity contribution in [2.45, 2.75) is 24.8 Å². The molecule has 2 aliphatic heterocycles. The van der Waals surface area contributed by atoms with Crippen LogP contribution < -0.4 is 10.2 Å². The third-order valence-corrected chi connectivity index (χ3v) is 7.78. The maximum atomic E-state index is 11.3. The smallest absolute Gasteiger partial charge is 0.405 e. The average molecular weight is 417 g/mol. The van der Waals surface area contributed by atoms with E-state index in [4.69, 9.17) is 0 Å². The van der Waals surface area contributed by atoms with Crippen molar-refractivity contribution in [3.05, 3.63) is 94.6 Å². The molecule has 30 heavy (non-hydrogen) atoms. The van der Waals surface area contributed by atoms with Gasteiger partial charge in [-0.25, -0.2) is 4.79 Å². The molecule has 1 amide bonds. The molecule has 5 rings (SSSR count). The molecule has 2 heterocycles. The van der Waals surface area contributed by atoms with Crippen molar-refractivity contribution in [2.75, 3.05) is 11.2 Å². The van der Waals surface area contributed by atoms with Crippen molar-refractivity contribution in [2.24, 2.45) is 0 Å². The van der Waals surface area contributed by atoms with Crippen molar-refractivity contribution in [1.29, 1.82) is 0 Å². The Bertz CT molecular complexity index is 1120. The summed E-state index contributed by atoms with van der Waals surface area (Å²) in [7, 11) is 0.109. The van der Waals surface area contributed by atoms with E-state index in [0.717, 1.165) is 36.2 Å². The third-order valence-electron chi connectivity index (χ3n) is 6.20. The molecule has 0 saturated heterocycles. The molecule has 0 aromatic heterocycles. The molecule has 152 valence electrons. The number of carboxylic acid groups (broad SMARTS) is 1. The molecule has 1 saturated carbocycles. The molecule has 2 aromatic carbocycles. The lowest BCUT2D eigenvalue weighted by molar-refractivity contribution is 0.144. The molecule has 0 bridgehead atoms. The second kappa shape index (κ2) is 7.33. The molecule has 1 atom stereocenters. The average Bonchev–Trinajstić information content (AvgIpc) is 3.10. The molecule has 2 aromatic rings. The molecule has 4 nitrogen and oxygen atoms in total. The highest BCUT2D eigenvalue weighted by atomic mass is 32.2. The first-order chi connectivity index (χ1) is 14.6. The van der Waals surface area contributed by atoms with E-state index in [2.05, 4.69) is 88.7 Å². The van der Waals surface area contributed by atoms with Gasteiger partial charge in [-0.05, 0) is 71.9 Å². The normalized spacial score (nSPS) is 21.4. The Balaban J connectivity index is 1.53. The Kier molecular flexibility index (Phi) is 4.63. The first-order valence-corrected chi connectivity index (χ1v) is 11.9. The summed E-state index contributed by atoms with van der Waals surface area (Å²) >= 11 is 0. The Morgan fingerprint density at radius 2 is 1.83 bits per heavy atom. The van der Waals surface area contributed by atoms with Crippen LogP contribution >= 0.6 is 10.5 Å². The Labute approximate surface area is 179 Å². The van der Waals surface area contributed by atoms with Crippen LogP contribution in [-0.4, -0.2) is 22.8 Å². The number of hydrogen-bond acceptors (Lipinski definition) is 2. The predicted molar refractivity (Wildman–Crippen MR) is 126 cm³/mol. The maximum absolute atomic E-state index is 11.3. The summed E-state index contributed by atoms with van der Waals surface area (Å²) in [5.41, 5.74) is 5.28. The quantitative estimate of drug-likeness (QED) is 0.631. The number of anilines is 1. The Morgan fingerprint density at radius 1 is 1.10 bits per heavy atom. The lowest BCUT2D eigenvalue weighted by Gasteiger charge is -2.42. The lowest BCUT2D eigenvalue weighted by atomic mass is 9.72. The summed E-state index contributed by atoms with van der Waals surface area (Å²) in [5, 5.41) is 14.3. The molecule has 1 aliphatic carbocycles. The van der Waals surface area contributed by atoms with Crippen LogP contribution in [0.25, 0.3) is 5.70 Å². The summed E-state index contributed by atoms with van der Waals surface area (Å²) in [4.78, 5) is 14.9. The molecule has 0 radical (unpaired) electrons. The van der Waals surface area contributed by atoms with Crippen LogP contribution in [0.2, 0.25) is 0 Å². The summed E-state index contributed by atoms with van der Waals surface area (Å²) in [5.74, 6) is 0. The van der Waals surface area contributed by atoms with Gasteiger partial charge in [0.25, 0.3) is 0 Å². The fourth-order valence-electron chi connectivity index (χ4n) is 4.40. The van der Waals surface area contributed by atoms with E-state index in [1.807, 2.05) is 6.07 Å². The fourth-order valence-corrected chi connectivity index (χ4v) is 5.67. The van der Waals surface area contributed by atoms with Gasteiger partial charge in [-0.3, -0.25) is 0 Å². The second-order valence-electron chi connectivity index (χ2n) is 7.99. The first-order valence-electron chi connectivity index (χ1n) is 10.2. The monoisotopic (exact) mass is 416 g/mol. The van der Waals surface area contributed by atoms with Crippen LogP contribution in [0.15, 0.2) is 83.4 Å². The Hall–Kier alpha value is -3.05. The summed E-state index contributed by atoms with van der Waals surface area (Å²) < 4.78 is 0. The van der Waals surface area contributed by atoms with Gasteiger partial charge in [0, 0.05) is 16.8 Å². The van der Waals surface area contributed by atoms with Crippen molar-refractivity contribution in [1.82, 2.24) is 5.32 Å². The second-order valence-corrected chi connectivity index (χ2v) is 9.81. The number of fused-ring (bicyclic) bond motifs is 1. The number of carbonyl (C=O) groups is 1. The minimum absolute atomic E-state index is 0.109. The van der Waals surface area contributed by atoms with Gasteiger partial charge >= 0.3 is 6.09 Å². The summed E-state index contributed by atoms with van der Waals surface area (Å²) in [6, 6.07) is 18.8. The standard InChI is InChI=1S/C25H24N2O2S/c1-30-15-12-19-16-22(18-6-3-2-4-7-18)27(17-23(19)30)21-10-8-20(9-11-21)25(13-5-14-25)26-24(28)29/h2-4,6-12,15-17,26H,5,13-14H2,1H3,(H,28,29). The highest BCUT2D eigenvalue weighted by Gasteiger charge is 2.40. The van der Waals surface area contributed by atoms with Crippen LogP contribution in [0.3, 0.4) is 0 Å². The highest BCUT2D eigenvalue weighted by molar-refractivity contribution is 8.18. The number of benzene rings is 2.